The summed E-state index contributed by atoms with van der Waals surface area (Å²) >= 11 is 0. The van der Waals surface area contributed by atoms with Crippen LogP contribution in [0.3, 0.4) is 0 Å². The average molecular weight is 185 g/mol. The molecule has 5 heteroatoms. The Labute approximate surface area is 80.4 Å². The summed E-state index contributed by atoms with van der Waals surface area (Å²) in [5, 5.41) is 10.7. The number of H-pyrrole nitrogens is 1. The molecular weight excluding hydrogens is 178 g/mol. The Morgan fingerprint density at radius 2 is 2.07 bits per heavy atom. The lowest BCUT2D eigenvalue weighted by Gasteiger charge is -1.97. The molecule has 0 saturated heterocycles. The third-order valence-electron chi connectivity index (χ3n) is 1.75. The monoisotopic (exact) mass is 185 g/mol. The number of hydrogen-bond donors (Lipinski definition) is 2. The van der Waals surface area contributed by atoms with Crippen LogP contribution in [0.5, 0.6) is 0 Å². The molecule has 0 aromatic carbocycles. The predicted octanol–water partition coefficient (Wildman–Crippen LogP) is 1.36. The van der Waals surface area contributed by atoms with Gasteiger partial charge in [-0.1, -0.05) is 0 Å². The van der Waals surface area contributed by atoms with E-state index in [4.69, 9.17) is 5.26 Å². The van der Waals surface area contributed by atoms with Gasteiger partial charge < -0.3 is 4.98 Å². The maximum absolute atomic E-state index is 8.33. The van der Waals surface area contributed by atoms with E-state index in [0.29, 0.717) is 5.95 Å². The van der Waals surface area contributed by atoms with Crippen molar-refractivity contribution >= 4 is 5.95 Å². The summed E-state index contributed by atoms with van der Waals surface area (Å²) in [7, 11) is 0. The van der Waals surface area contributed by atoms with Crippen LogP contribution in [0.25, 0.3) is 11.1 Å². The van der Waals surface area contributed by atoms with Gasteiger partial charge in [0.15, 0.2) is 6.19 Å². The fourth-order valence-corrected chi connectivity index (χ4v) is 1.10. The molecule has 2 aromatic rings. The maximum Gasteiger partial charge on any atom is 0.236 e. The van der Waals surface area contributed by atoms with Gasteiger partial charge in [0.25, 0.3) is 0 Å². The molecule has 0 aliphatic rings. The number of aromatic nitrogens is 3. The normalized spacial score (nSPS) is 9.36. The molecule has 0 amide bonds. The van der Waals surface area contributed by atoms with Crippen LogP contribution >= 0.6 is 0 Å². The molecule has 68 valence electrons. The van der Waals surface area contributed by atoms with E-state index in [1.165, 1.54) is 0 Å². The van der Waals surface area contributed by atoms with Crippen molar-refractivity contribution in [2.75, 3.05) is 5.32 Å². The summed E-state index contributed by atoms with van der Waals surface area (Å²) < 4.78 is 0. The minimum atomic E-state index is 0.312. The molecule has 0 unspecified atom stereocenters. The molecule has 0 aliphatic heterocycles. The van der Waals surface area contributed by atoms with Crippen molar-refractivity contribution in [3.8, 4) is 17.3 Å². The number of rotatable bonds is 2. The van der Waals surface area contributed by atoms with Crippen molar-refractivity contribution in [2.24, 2.45) is 0 Å². The van der Waals surface area contributed by atoms with Gasteiger partial charge in [0.05, 0.1) is 0 Å². The zero-order chi connectivity index (χ0) is 9.80. The average Bonchev–Trinajstić information content (AvgIpc) is 2.72. The molecule has 0 atom stereocenters. The highest BCUT2D eigenvalue weighted by Crippen LogP contribution is 2.16. The second-order valence-corrected chi connectivity index (χ2v) is 2.63. The summed E-state index contributed by atoms with van der Waals surface area (Å²) in [6.45, 7) is 0. The van der Waals surface area contributed by atoms with E-state index in [9.17, 15) is 0 Å². The molecule has 0 saturated carbocycles. The summed E-state index contributed by atoms with van der Waals surface area (Å²) in [5.74, 6) is 0.312. The van der Waals surface area contributed by atoms with E-state index < -0.39 is 0 Å². The van der Waals surface area contributed by atoms with E-state index in [1.807, 2.05) is 18.5 Å². The Hall–Kier alpha value is -2.35. The first kappa shape index (κ1) is 8.26. The second kappa shape index (κ2) is 3.58. The van der Waals surface area contributed by atoms with Crippen molar-refractivity contribution in [1.82, 2.24) is 15.0 Å². The van der Waals surface area contributed by atoms with Crippen LogP contribution in [0.1, 0.15) is 0 Å². The molecule has 0 bridgehead atoms. The first-order valence-corrected chi connectivity index (χ1v) is 4.00. The lowest BCUT2D eigenvalue weighted by atomic mass is 10.2. The SMILES string of the molecule is N#CNc1ncc(-c2cc[nH]c2)cn1. The Kier molecular flexibility index (Phi) is 2.11. The van der Waals surface area contributed by atoms with Gasteiger partial charge in [-0.15, -0.1) is 0 Å². The van der Waals surface area contributed by atoms with E-state index in [1.54, 1.807) is 18.6 Å². The third-order valence-corrected chi connectivity index (χ3v) is 1.75. The van der Waals surface area contributed by atoms with Crippen molar-refractivity contribution < 1.29 is 0 Å². The van der Waals surface area contributed by atoms with Gasteiger partial charge in [-0.2, -0.15) is 5.26 Å². The highest BCUT2D eigenvalue weighted by Gasteiger charge is 1.99. The van der Waals surface area contributed by atoms with Gasteiger partial charge >= 0.3 is 0 Å². The summed E-state index contributed by atoms with van der Waals surface area (Å²) in [6.07, 6.45) is 8.77. The minimum absolute atomic E-state index is 0.312. The largest absolute Gasteiger partial charge is 0.367 e. The first-order valence-electron chi connectivity index (χ1n) is 4.00. The Morgan fingerprint density at radius 3 is 2.64 bits per heavy atom. The minimum Gasteiger partial charge on any atom is -0.367 e. The number of aromatic amines is 1. The molecule has 0 aliphatic carbocycles. The molecule has 14 heavy (non-hydrogen) atoms. The van der Waals surface area contributed by atoms with Crippen molar-refractivity contribution in [3.05, 3.63) is 30.9 Å². The fourth-order valence-electron chi connectivity index (χ4n) is 1.10. The smallest absolute Gasteiger partial charge is 0.236 e. The fraction of sp³-hybridized carbons (Fsp3) is 0. The van der Waals surface area contributed by atoms with Gasteiger partial charge in [0.1, 0.15) is 0 Å². The van der Waals surface area contributed by atoms with Crippen LogP contribution in [0.15, 0.2) is 30.9 Å². The first-order chi connectivity index (χ1) is 6.90. The predicted molar refractivity (Wildman–Crippen MR) is 51.1 cm³/mol. The Bertz CT molecular complexity index is 437. The molecular formula is C9H7N5. The van der Waals surface area contributed by atoms with Gasteiger partial charge in [-0.25, -0.2) is 9.97 Å². The lowest BCUT2D eigenvalue weighted by molar-refractivity contribution is 1.17. The van der Waals surface area contributed by atoms with Crippen LogP contribution in [-0.4, -0.2) is 15.0 Å². The van der Waals surface area contributed by atoms with E-state index in [-0.39, 0.29) is 0 Å². The lowest BCUT2D eigenvalue weighted by Crippen LogP contribution is -1.94. The van der Waals surface area contributed by atoms with Crippen LogP contribution < -0.4 is 5.32 Å². The zero-order valence-electron chi connectivity index (χ0n) is 7.23. The molecule has 2 heterocycles. The van der Waals surface area contributed by atoms with E-state index in [0.717, 1.165) is 11.1 Å². The van der Waals surface area contributed by atoms with E-state index >= 15 is 0 Å². The molecule has 5 nitrogen and oxygen atoms in total. The molecule has 2 N–H and O–H groups in total. The van der Waals surface area contributed by atoms with Gasteiger partial charge in [0, 0.05) is 35.9 Å². The second-order valence-electron chi connectivity index (χ2n) is 2.63. The molecule has 0 radical (unpaired) electrons. The number of hydrogen-bond acceptors (Lipinski definition) is 4. The maximum atomic E-state index is 8.33. The zero-order valence-corrected chi connectivity index (χ0v) is 7.23. The number of nitrogens with zero attached hydrogens (tertiary/aromatic N) is 3. The number of nitrogens with one attached hydrogen (secondary N) is 2. The summed E-state index contributed by atoms with van der Waals surface area (Å²) in [5.41, 5.74) is 1.93. The van der Waals surface area contributed by atoms with Crippen LogP contribution in [-0.2, 0) is 0 Å². The van der Waals surface area contributed by atoms with Gasteiger partial charge in [-0.3, -0.25) is 5.32 Å². The Balaban J connectivity index is 2.27. The van der Waals surface area contributed by atoms with Crippen molar-refractivity contribution in [2.45, 2.75) is 0 Å². The molecule has 0 fully saturated rings. The van der Waals surface area contributed by atoms with Crippen LogP contribution in [0, 0.1) is 11.5 Å². The highest BCUT2D eigenvalue weighted by molar-refractivity contribution is 5.60. The summed E-state index contributed by atoms with van der Waals surface area (Å²) in [4.78, 5) is 10.9. The topological polar surface area (TPSA) is 77.4 Å². The number of nitriles is 1. The quantitative estimate of drug-likeness (QED) is 0.547. The van der Waals surface area contributed by atoms with Crippen molar-refractivity contribution in [1.29, 1.82) is 5.26 Å². The number of anilines is 1. The third kappa shape index (κ3) is 1.54. The highest BCUT2D eigenvalue weighted by atomic mass is 15.1. The Morgan fingerprint density at radius 1 is 1.29 bits per heavy atom. The van der Waals surface area contributed by atoms with Gasteiger partial charge in [0.2, 0.25) is 5.95 Å². The van der Waals surface area contributed by atoms with E-state index in [2.05, 4.69) is 20.3 Å². The van der Waals surface area contributed by atoms with Gasteiger partial charge in [-0.05, 0) is 6.07 Å². The van der Waals surface area contributed by atoms with Crippen LogP contribution in [0.2, 0.25) is 0 Å². The summed E-state index contributed by atoms with van der Waals surface area (Å²) in [6, 6.07) is 1.93. The van der Waals surface area contributed by atoms with Crippen molar-refractivity contribution in [3.63, 3.8) is 0 Å². The standard InChI is InChI=1S/C9H7N5/c10-6-14-9-12-4-8(5-13-9)7-1-2-11-3-7/h1-5,11H,(H,12,13,14). The molecule has 0 spiro atoms. The van der Waals surface area contributed by atoms with Crippen LogP contribution in [0.4, 0.5) is 5.95 Å². The molecule has 2 aromatic heterocycles. The molecule has 2 rings (SSSR count).